The van der Waals surface area contributed by atoms with Gasteiger partial charge in [-0.05, 0) is 23.3 Å². The third-order valence-corrected chi connectivity index (χ3v) is 2.71. The first-order valence-corrected chi connectivity index (χ1v) is 6.94. The number of nitrogens with one attached hydrogen (secondary N) is 1. The molecule has 1 aromatic rings. The van der Waals surface area contributed by atoms with E-state index in [0.29, 0.717) is 18.7 Å². The van der Waals surface area contributed by atoms with Gasteiger partial charge < -0.3 is 5.73 Å². The summed E-state index contributed by atoms with van der Waals surface area (Å²) in [6, 6.07) is 7.50. The number of carbonyl (C=O) groups excluding carboxylic acids is 1. The summed E-state index contributed by atoms with van der Waals surface area (Å²) in [5.41, 5.74) is 9.22. The van der Waals surface area contributed by atoms with Gasteiger partial charge in [0.25, 0.3) is 5.91 Å². The molecule has 23 heavy (non-hydrogen) atoms. The van der Waals surface area contributed by atoms with E-state index in [1.54, 1.807) is 18.4 Å². The first-order chi connectivity index (χ1) is 11.2. The lowest BCUT2D eigenvalue weighted by molar-refractivity contribution is -0.124. The highest BCUT2D eigenvalue weighted by Crippen LogP contribution is 2.07. The minimum absolute atomic E-state index is 0.495. The Balaban J connectivity index is 2.56. The molecule has 0 fully saturated rings. The number of hydroxylamine groups is 1. The van der Waals surface area contributed by atoms with Crippen molar-refractivity contribution in [1.82, 2.24) is 5.48 Å². The molecule has 0 aliphatic heterocycles. The van der Waals surface area contributed by atoms with Crippen LogP contribution in [0.1, 0.15) is 17.5 Å². The summed E-state index contributed by atoms with van der Waals surface area (Å²) in [5, 5.41) is 8.39. The number of benzene rings is 1. The number of allylic oxidation sites excluding steroid dienone is 3. The molecule has 0 aliphatic carbocycles. The van der Waals surface area contributed by atoms with Crippen molar-refractivity contribution in [2.75, 3.05) is 0 Å². The zero-order valence-electron chi connectivity index (χ0n) is 12.6. The molecule has 0 bridgehead atoms. The van der Waals surface area contributed by atoms with Crippen molar-refractivity contribution in [3.63, 3.8) is 0 Å². The molecular weight excluding hydrogens is 290 g/mol. The highest BCUT2D eigenvalue weighted by Gasteiger charge is 1.97. The normalized spacial score (nSPS) is 12.1. The lowest BCUT2D eigenvalue weighted by Gasteiger charge is -2.01. The second-order valence-electron chi connectivity index (χ2n) is 4.53. The molecule has 0 spiro atoms. The number of amidine groups is 1. The fraction of sp³-hybridized carbons (Fsp3) is 0.111. The predicted octanol–water partition coefficient (Wildman–Crippen LogP) is 2.20. The van der Waals surface area contributed by atoms with Crippen LogP contribution in [0.15, 0.2) is 59.8 Å². The third kappa shape index (κ3) is 8.05. The van der Waals surface area contributed by atoms with Crippen molar-refractivity contribution < 1.29 is 10.0 Å². The summed E-state index contributed by atoms with van der Waals surface area (Å²) < 4.78 is 0. The van der Waals surface area contributed by atoms with Gasteiger partial charge in [-0.3, -0.25) is 10.0 Å². The molecule has 0 radical (unpaired) electrons. The number of aliphatic imine (C=N–C) groups is 1. The summed E-state index contributed by atoms with van der Waals surface area (Å²) in [5.74, 6) is 2.42. The van der Waals surface area contributed by atoms with Crippen LogP contribution in [0.2, 0.25) is 0 Å². The molecule has 1 amide bonds. The summed E-state index contributed by atoms with van der Waals surface area (Å²) in [6.45, 7) is 0. The van der Waals surface area contributed by atoms with Gasteiger partial charge in [-0.2, -0.15) is 0 Å². The van der Waals surface area contributed by atoms with Crippen LogP contribution < -0.4 is 11.2 Å². The Bertz CT molecular complexity index is 663. The number of rotatable bonds is 7. The molecule has 5 nitrogen and oxygen atoms in total. The number of amides is 1. The fourth-order valence-corrected chi connectivity index (χ4v) is 1.61. The average molecular weight is 309 g/mol. The molecule has 0 atom stereocenters. The summed E-state index contributed by atoms with van der Waals surface area (Å²) >= 11 is 0. The van der Waals surface area contributed by atoms with Crippen molar-refractivity contribution >= 4 is 17.8 Å². The van der Waals surface area contributed by atoms with Gasteiger partial charge in [0.2, 0.25) is 0 Å². The fourth-order valence-electron chi connectivity index (χ4n) is 1.61. The number of terminal acetylenes is 1. The number of nitrogens with two attached hydrogens (primary N) is 1. The average Bonchev–Trinajstić information content (AvgIpc) is 2.57. The van der Waals surface area contributed by atoms with E-state index in [1.165, 1.54) is 11.6 Å². The van der Waals surface area contributed by atoms with E-state index >= 15 is 0 Å². The van der Waals surface area contributed by atoms with E-state index in [1.807, 2.05) is 36.4 Å². The Morgan fingerprint density at radius 2 is 2.09 bits per heavy atom. The molecule has 0 aliphatic rings. The van der Waals surface area contributed by atoms with Crippen molar-refractivity contribution in [3.05, 3.63) is 65.9 Å². The quantitative estimate of drug-likeness (QED) is 0.137. The first kappa shape index (κ1) is 18.0. The molecule has 1 rings (SSSR count). The lowest BCUT2D eigenvalue weighted by Crippen LogP contribution is -2.14. The maximum Gasteiger partial charge on any atom is 0.267 e. The van der Waals surface area contributed by atoms with Gasteiger partial charge in [0.15, 0.2) is 0 Å². The Kier molecular flexibility index (Phi) is 8.27. The second-order valence-corrected chi connectivity index (χ2v) is 4.53. The lowest BCUT2D eigenvalue weighted by atomic mass is 10.1. The van der Waals surface area contributed by atoms with Crippen LogP contribution in [-0.4, -0.2) is 17.0 Å². The predicted molar refractivity (Wildman–Crippen MR) is 92.5 cm³/mol. The Morgan fingerprint density at radius 1 is 1.35 bits per heavy atom. The van der Waals surface area contributed by atoms with E-state index in [9.17, 15) is 4.79 Å². The SMILES string of the molecule is C#CC/C=C/C=C/N=C(N)Cc1ccc(/C=C/C(=O)NO)cc1. The minimum atomic E-state index is -0.575. The molecule has 4 N–H and O–H groups in total. The van der Waals surface area contributed by atoms with Crippen LogP contribution in [0.3, 0.4) is 0 Å². The van der Waals surface area contributed by atoms with E-state index in [4.69, 9.17) is 17.4 Å². The van der Waals surface area contributed by atoms with E-state index < -0.39 is 5.91 Å². The Labute approximate surface area is 135 Å². The first-order valence-electron chi connectivity index (χ1n) is 6.94. The van der Waals surface area contributed by atoms with Crippen LogP contribution in [0.4, 0.5) is 0 Å². The highest BCUT2D eigenvalue weighted by atomic mass is 16.5. The molecule has 0 saturated carbocycles. The number of nitrogens with zero attached hydrogens (tertiary/aromatic N) is 1. The largest absolute Gasteiger partial charge is 0.387 e. The summed E-state index contributed by atoms with van der Waals surface area (Å²) in [6.07, 6.45) is 16.1. The van der Waals surface area contributed by atoms with Crippen molar-refractivity contribution in [3.8, 4) is 12.3 Å². The Morgan fingerprint density at radius 3 is 2.74 bits per heavy atom. The van der Waals surface area contributed by atoms with Gasteiger partial charge in [0.1, 0.15) is 5.84 Å². The van der Waals surface area contributed by atoms with E-state index in [-0.39, 0.29) is 0 Å². The summed E-state index contributed by atoms with van der Waals surface area (Å²) in [7, 11) is 0. The van der Waals surface area contributed by atoms with E-state index in [2.05, 4.69) is 10.9 Å². The maximum atomic E-state index is 10.9. The number of hydrogen-bond acceptors (Lipinski definition) is 3. The molecule has 0 saturated heterocycles. The smallest absolute Gasteiger partial charge is 0.267 e. The monoisotopic (exact) mass is 309 g/mol. The van der Waals surface area contributed by atoms with Gasteiger partial charge in [0, 0.05) is 25.1 Å². The molecule has 0 aromatic heterocycles. The van der Waals surface area contributed by atoms with Crippen LogP contribution >= 0.6 is 0 Å². The van der Waals surface area contributed by atoms with Crippen LogP contribution in [0.25, 0.3) is 6.08 Å². The molecule has 118 valence electrons. The zero-order valence-corrected chi connectivity index (χ0v) is 12.6. The molecule has 0 unspecified atom stereocenters. The van der Waals surface area contributed by atoms with E-state index in [0.717, 1.165) is 11.1 Å². The molecule has 0 heterocycles. The van der Waals surface area contributed by atoms with Gasteiger partial charge in [0.05, 0.1) is 0 Å². The van der Waals surface area contributed by atoms with Crippen LogP contribution in [0, 0.1) is 12.3 Å². The van der Waals surface area contributed by atoms with Crippen molar-refractivity contribution in [1.29, 1.82) is 0 Å². The summed E-state index contributed by atoms with van der Waals surface area (Å²) in [4.78, 5) is 15.0. The third-order valence-electron chi connectivity index (χ3n) is 2.71. The number of carbonyl (C=O) groups is 1. The Hall–Kier alpha value is -3.10. The van der Waals surface area contributed by atoms with Crippen molar-refractivity contribution in [2.24, 2.45) is 10.7 Å². The highest BCUT2D eigenvalue weighted by molar-refractivity contribution is 5.90. The maximum absolute atomic E-state index is 10.9. The zero-order chi connectivity index (χ0) is 16.9. The molecule has 5 heteroatoms. The standard InChI is InChI=1S/C18H19N3O2/c1-2-3-4-5-6-13-20-17(19)14-16-9-7-15(8-10-16)11-12-18(22)21-23/h1,4-13,23H,3,14H2,(H2,19,20)(H,21,22)/b5-4+,12-11+,13-6+. The van der Waals surface area contributed by atoms with Crippen molar-refractivity contribution in [2.45, 2.75) is 12.8 Å². The van der Waals surface area contributed by atoms with Gasteiger partial charge in [-0.1, -0.05) is 36.4 Å². The van der Waals surface area contributed by atoms with Crippen LogP contribution in [-0.2, 0) is 11.2 Å². The van der Waals surface area contributed by atoms with Gasteiger partial charge in [-0.15, -0.1) is 12.3 Å². The topological polar surface area (TPSA) is 87.7 Å². The molecule has 1 aromatic carbocycles. The molecular formula is C18H19N3O2. The van der Waals surface area contributed by atoms with Gasteiger partial charge in [-0.25, -0.2) is 10.5 Å². The minimum Gasteiger partial charge on any atom is -0.387 e. The number of hydrogen-bond donors (Lipinski definition) is 3. The van der Waals surface area contributed by atoms with Crippen LogP contribution in [0.5, 0.6) is 0 Å². The second kappa shape index (κ2) is 10.6. The van der Waals surface area contributed by atoms with Gasteiger partial charge >= 0.3 is 0 Å².